The summed E-state index contributed by atoms with van der Waals surface area (Å²) in [5.41, 5.74) is 0.413. The molecule has 1 aliphatic rings. The highest BCUT2D eigenvalue weighted by Crippen LogP contribution is 2.21. The molecule has 1 N–H and O–H groups in total. The fourth-order valence-electron chi connectivity index (χ4n) is 3.07. The summed E-state index contributed by atoms with van der Waals surface area (Å²) in [6.45, 7) is -1.56. The number of ether oxygens (including phenoxy) is 1. The first-order chi connectivity index (χ1) is 13.1. The lowest BCUT2D eigenvalue weighted by atomic mass is 10.2. The number of para-hydroxylation sites is 1. The van der Waals surface area contributed by atoms with Gasteiger partial charge in [-0.25, -0.2) is 0 Å². The van der Waals surface area contributed by atoms with Crippen molar-refractivity contribution in [2.45, 2.75) is 45.3 Å². The third-order valence-corrected chi connectivity index (χ3v) is 4.38. The summed E-state index contributed by atoms with van der Waals surface area (Å²) >= 11 is 0. The second kappa shape index (κ2) is 9.25. The Morgan fingerprint density at radius 2 is 2.11 bits per heavy atom. The van der Waals surface area contributed by atoms with Crippen LogP contribution in [0.2, 0.25) is 0 Å². The van der Waals surface area contributed by atoms with E-state index in [0.29, 0.717) is 18.5 Å². The standard InChI is InChI=1S/C19H22F2N4O2/c20-19(21)27-15-7-4-3-6-14(15)9-10-18(26)22-12-11-17-24-23-16-8-2-1-5-13-25(16)17/h3-4,6-7,9-10,19H,1-2,5,8,11-13H2,(H,22,26)/b10-9+. The van der Waals surface area contributed by atoms with Gasteiger partial charge in [-0.15, -0.1) is 10.2 Å². The van der Waals surface area contributed by atoms with Gasteiger partial charge in [0.2, 0.25) is 5.91 Å². The molecule has 8 heteroatoms. The van der Waals surface area contributed by atoms with Crippen molar-refractivity contribution in [3.05, 3.63) is 47.6 Å². The zero-order valence-electron chi connectivity index (χ0n) is 14.9. The van der Waals surface area contributed by atoms with Gasteiger partial charge in [0.1, 0.15) is 17.4 Å². The molecule has 0 fully saturated rings. The number of nitrogens with zero attached hydrogens (tertiary/aromatic N) is 3. The van der Waals surface area contributed by atoms with Crippen LogP contribution in [-0.2, 0) is 24.2 Å². The van der Waals surface area contributed by atoms with E-state index in [9.17, 15) is 13.6 Å². The number of nitrogens with one attached hydrogen (secondary N) is 1. The molecule has 1 aromatic carbocycles. The van der Waals surface area contributed by atoms with E-state index >= 15 is 0 Å². The highest BCUT2D eigenvalue weighted by molar-refractivity contribution is 5.92. The zero-order valence-corrected chi connectivity index (χ0v) is 14.9. The van der Waals surface area contributed by atoms with Crippen LogP contribution >= 0.6 is 0 Å². The Labute approximate surface area is 156 Å². The van der Waals surface area contributed by atoms with Gasteiger partial charge in [-0.3, -0.25) is 4.79 Å². The van der Waals surface area contributed by atoms with E-state index in [1.165, 1.54) is 24.6 Å². The maximum absolute atomic E-state index is 12.4. The second-order valence-corrected chi connectivity index (χ2v) is 6.29. The van der Waals surface area contributed by atoms with Crippen molar-refractivity contribution in [3.63, 3.8) is 0 Å². The molecule has 0 spiro atoms. The molecule has 0 atom stereocenters. The maximum atomic E-state index is 12.4. The summed E-state index contributed by atoms with van der Waals surface area (Å²) in [6.07, 6.45) is 7.75. The average Bonchev–Trinajstić information content (AvgIpc) is 2.87. The van der Waals surface area contributed by atoms with Crippen LogP contribution in [0.1, 0.15) is 36.5 Å². The van der Waals surface area contributed by atoms with E-state index in [-0.39, 0.29) is 11.7 Å². The molecular formula is C19H22F2N4O2. The minimum atomic E-state index is -2.91. The van der Waals surface area contributed by atoms with Gasteiger partial charge in [-0.2, -0.15) is 8.78 Å². The fraction of sp³-hybridized carbons (Fsp3) is 0.421. The molecule has 1 amide bonds. The lowest BCUT2D eigenvalue weighted by molar-refractivity contribution is -0.116. The Hall–Kier alpha value is -2.77. The summed E-state index contributed by atoms with van der Waals surface area (Å²) in [7, 11) is 0. The Balaban J connectivity index is 1.52. The molecule has 0 unspecified atom stereocenters. The van der Waals surface area contributed by atoms with Gasteiger partial charge >= 0.3 is 6.61 Å². The minimum absolute atomic E-state index is 0.0303. The SMILES string of the molecule is O=C(/C=C/c1ccccc1OC(F)F)NCCc1nnc2n1CCCCC2. The number of halogens is 2. The zero-order chi connectivity index (χ0) is 19.1. The van der Waals surface area contributed by atoms with E-state index in [0.717, 1.165) is 37.5 Å². The molecule has 6 nitrogen and oxygen atoms in total. The number of alkyl halides is 2. The molecule has 27 heavy (non-hydrogen) atoms. The Bertz CT molecular complexity index is 805. The van der Waals surface area contributed by atoms with Crippen LogP contribution < -0.4 is 10.1 Å². The molecule has 144 valence electrons. The number of aryl methyl sites for hydroxylation is 1. The van der Waals surface area contributed by atoms with Gasteiger partial charge in [-0.05, 0) is 25.0 Å². The summed E-state index contributed by atoms with van der Waals surface area (Å²) in [5, 5.41) is 11.2. The van der Waals surface area contributed by atoms with Gasteiger partial charge in [0.25, 0.3) is 0 Å². The minimum Gasteiger partial charge on any atom is -0.434 e. The number of rotatable bonds is 7. The third-order valence-electron chi connectivity index (χ3n) is 4.38. The van der Waals surface area contributed by atoms with Crippen molar-refractivity contribution >= 4 is 12.0 Å². The molecule has 2 heterocycles. The van der Waals surface area contributed by atoms with Crippen molar-refractivity contribution in [2.24, 2.45) is 0 Å². The molecule has 1 aliphatic heterocycles. The lowest BCUT2D eigenvalue weighted by Crippen LogP contribution is -2.24. The van der Waals surface area contributed by atoms with E-state index in [2.05, 4.69) is 24.8 Å². The van der Waals surface area contributed by atoms with E-state index in [1.807, 2.05) is 0 Å². The summed E-state index contributed by atoms with van der Waals surface area (Å²) in [6, 6.07) is 6.32. The molecule has 0 bridgehead atoms. The number of fused-ring (bicyclic) bond motifs is 1. The fourth-order valence-corrected chi connectivity index (χ4v) is 3.07. The molecule has 0 saturated carbocycles. The molecule has 2 aromatic rings. The van der Waals surface area contributed by atoms with Crippen molar-refractivity contribution in [1.29, 1.82) is 0 Å². The number of benzene rings is 1. The number of hydrogen-bond donors (Lipinski definition) is 1. The van der Waals surface area contributed by atoms with Crippen LogP contribution in [0.15, 0.2) is 30.3 Å². The highest BCUT2D eigenvalue weighted by atomic mass is 19.3. The summed E-state index contributed by atoms with van der Waals surface area (Å²) in [5.74, 6) is 1.62. The van der Waals surface area contributed by atoms with E-state index in [1.54, 1.807) is 18.2 Å². The monoisotopic (exact) mass is 376 g/mol. The number of aromatic nitrogens is 3. The number of carbonyl (C=O) groups excluding carboxylic acids is 1. The predicted octanol–water partition coefficient (Wildman–Crippen LogP) is 2.98. The number of carbonyl (C=O) groups is 1. The first kappa shape index (κ1) is 19.0. The van der Waals surface area contributed by atoms with Crippen LogP contribution in [0.4, 0.5) is 8.78 Å². The Morgan fingerprint density at radius 3 is 2.96 bits per heavy atom. The van der Waals surface area contributed by atoms with Gasteiger partial charge in [0.05, 0.1) is 0 Å². The predicted molar refractivity (Wildman–Crippen MR) is 96.4 cm³/mol. The topological polar surface area (TPSA) is 69.0 Å². The van der Waals surface area contributed by atoms with Crippen molar-refractivity contribution < 1.29 is 18.3 Å². The normalized spacial score (nSPS) is 14.2. The molecule has 1 aromatic heterocycles. The third kappa shape index (κ3) is 5.35. The maximum Gasteiger partial charge on any atom is 0.387 e. The quantitative estimate of drug-likeness (QED) is 0.755. The van der Waals surface area contributed by atoms with Crippen LogP contribution in [-0.4, -0.2) is 33.8 Å². The van der Waals surface area contributed by atoms with Crippen LogP contribution in [0.3, 0.4) is 0 Å². The average molecular weight is 376 g/mol. The largest absolute Gasteiger partial charge is 0.434 e. The van der Waals surface area contributed by atoms with Gasteiger partial charge in [-0.1, -0.05) is 24.6 Å². The lowest BCUT2D eigenvalue weighted by Gasteiger charge is -2.08. The molecule has 0 saturated heterocycles. The first-order valence-corrected chi connectivity index (χ1v) is 9.04. The summed E-state index contributed by atoms with van der Waals surface area (Å²) < 4.78 is 31.4. The number of amides is 1. The van der Waals surface area contributed by atoms with Crippen LogP contribution in [0, 0.1) is 0 Å². The number of hydrogen-bond acceptors (Lipinski definition) is 4. The van der Waals surface area contributed by atoms with Crippen LogP contribution in [0.5, 0.6) is 5.75 Å². The van der Waals surface area contributed by atoms with Crippen LogP contribution in [0.25, 0.3) is 6.08 Å². The Kier molecular flexibility index (Phi) is 6.51. The van der Waals surface area contributed by atoms with Gasteiger partial charge in [0.15, 0.2) is 0 Å². The Morgan fingerprint density at radius 1 is 1.26 bits per heavy atom. The van der Waals surface area contributed by atoms with Gasteiger partial charge < -0.3 is 14.6 Å². The van der Waals surface area contributed by atoms with Crippen molar-refractivity contribution in [2.75, 3.05) is 6.54 Å². The molecule has 0 radical (unpaired) electrons. The van der Waals surface area contributed by atoms with Gasteiger partial charge in [0, 0.05) is 37.6 Å². The molecular weight excluding hydrogens is 354 g/mol. The van der Waals surface area contributed by atoms with Crippen molar-refractivity contribution in [3.8, 4) is 5.75 Å². The smallest absolute Gasteiger partial charge is 0.387 e. The van der Waals surface area contributed by atoms with Crippen molar-refractivity contribution in [1.82, 2.24) is 20.1 Å². The first-order valence-electron chi connectivity index (χ1n) is 9.04. The molecule has 0 aliphatic carbocycles. The highest BCUT2D eigenvalue weighted by Gasteiger charge is 2.14. The van der Waals surface area contributed by atoms with E-state index in [4.69, 9.17) is 0 Å². The molecule has 3 rings (SSSR count). The summed E-state index contributed by atoms with van der Waals surface area (Å²) in [4.78, 5) is 12.0. The second-order valence-electron chi connectivity index (χ2n) is 6.29. The van der Waals surface area contributed by atoms with E-state index < -0.39 is 6.61 Å².